The average Bonchev–Trinajstić information content (AvgIpc) is 2.41. The summed E-state index contributed by atoms with van der Waals surface area (Å²) in [5, 5.41) is 0.409. The van der Waals surface area contributed by atoms with E-state index in [0.717, 1.165) is 16.7 Å². The van der Waals surface area contributed by atoms with Gasteiger partial charge in [-0.25, -0.2) is 14.4 Å². The zero-order chi connectivity index (χ0) is 14.3. The summed E-state index contributed by atoms with van der Waals surface area (Å²) >= 11 is 6.12. The molecule has 0 spiro atoms. The van der Waals surface area contributed by atoms with Crippen LogP contribution in [0.15, 0.2) is 36.4 Å². The molecule has 3 aromatic rings. The summed E-state index contributed by atoms with van der Waals surface area (Å²) in [6.45, 7) is 3.99. The number of halogens is 2. The summed E-state index contributed by atoms with van der Waals surface area (Å²) in [5.74, 6) is 0.120. The maximum absolute atomic E-state index is 13.8. The molecule has 0 unspecified atom stereocenters. The quantitative estimate of drug-likeness (QED) is 0.606. The molecule has 0 amide bonds. The van der Waals surface area contributed by atoms with Crippen LogP contribution in [0.5, 0.6) is 0 Å². The van der Waals surface area contributed by atoms with Crippen LogP contribution >= 0.6 is 11.6 Å². The molecule has 0 saturated carbocycles. The number of fused-ring (bicyclic) bond motifs is 1. The number of benzene rings is 2. The first-order valence-corrected chi connectivity index (χ1v) is 6.63. The van der Waals surface area contributed by atoms with Crippen molar-refractivity contribution in [2.75, 3.05) is 0 Å². The maximum Gasteiger partial charge on any atom is 0.161 e. The second-order valence-corrected chi connectivity index (χ2v) is 5.15. The lowest BCUT2D eigenvalue weighted by atomic mass is 10.0. The van der Waals surface area contributed by atoms with Crippen LogP contribution in [0.3, 0.4) is 0 Å². The van der Waals surface area contributed by atoms with Crippen LogP contribution in [0, 0.1) is 19.7 Å². The molecule has 4 heteroatoms. The molecule has 0 fully saturated rings. The van der Waals surface area contributed by atoms with Gasteiger partial charge in [0.1, 0.15) is 11.0 Å². The fourth-order valence-electron chi connectivity index (χ4n) is 2.20. The van der Waals surface area contributed by atoms with Crippen LogP contribution < -0.4 is 0 Å². The third-order valence-corrected chi connectivity index (χ3v) is 3.54. The van der Waals surface area contributed by atoms with Gasteiger partial charge in [-0.05, 0) is 37.6 Å². The van der Waals surface area contributed by atoms with Crippen molar-refractivity contribution in [2.45, 2.75) is 13.8 Å². The largest absolute Gasteiger partial charge is 0.228 e. The molecule has 20 heavy (non-hydrogen) atoms. The first-order valence-electron chi connectivity index (χ1n) is 6.25. The Hall–Kier alpha value is -2.00. The summed E-state index contributed by atoms with van der Waals surface area (Å²) in [6, 6.07) is 10.8. The van der Waals surface area contributed by atoms with Crippen LogP contribution in [-0.2, 0) is 0 Å². The van der Waals surface area contributed by atoms with Gasteiger partial charge < -0.3 is 0 Å². The van der Waals surface area contributed by atoms with E-state index >= 15 is 0 Å². The Morgan fingerprint density at radius 2 is 1.85 bits per heavy atom. The molecule has 100 valence electrons. The summed E-state index contributed by atoms with van der Waals surface area (Å²) in [7, 11) is 0. The zero-order valence-corrected chi connectivity index (χ0v) is 11.9. The van der Waals surface area contributed by atoms with Crippen molar-refractivity contribution in [2.24, 2.45) is 0 Å². The van der Waals surface area contributed by atoms with E-state index in [1.54, 1.807) is 12.1 Å². The van der Waals surface area contributed by atoms with E-state index in [0.29, 0.717) is 11.3 Å². The standard InChI is InChI=1S/C16H12ClFN2/c1-9-6-7-10(2)11(8-9)16-19-13-5-3-4-12(18)14(13)15(17)20-16/h3-8H,1-2H3. The fourth-order valence-corrected chi connectivity index (χ4v) is 2.46. The van der Waals surface area contributed by atoms with Crippen molar-refractivity contribution in [3.8, 4) is 11.4 Å². The lowest BCUT2D eigenvalue weighted by molar-refractivity contribution is 0.639. The Labute approximate surface area is 121 Å². The van der Waals surface area contributed by atoms with E-state index in [4.69, 9.17) is 11.6 Å². The van der Waals surface area contributed by atoms with E-state index in [1.807, 2.05) is 32.0 Å². The van der Waals surface area contributed by atoms with Crippen molar-refractivity contribution in [3.05, 3.63) is 58.5 Å². The number of rotatable bonds is 1. The van der Waals surface area contributed by atoms with E-state index in [-0.39, 0.29) is 10.5 Å². The highest BCUT2D eigenvalue weighted by atomic mass is 35.5. The number of hydrogen-bond acceptors (Lipinski definition) is 2. The van der Waals surface area contributed by atoms with Gasteiger partial charge in [0, 0.05) is 5.56 Å². The van der Waals surface area contributed by atoms with E-state index < -0.39 is 5.82 Å². The van der Waals surface area contributed by atoms with Gasteiger partial charge in [0.2, 0.25) is 0 Å². The van der Waals surface area contributed by atoms with Crippen LogP contribution in [0.2, 0.25) is 5.15 Å². The van der Waals surface area contributed by atoms with Crippen molar-refractivity contribution in [1.82, 2.24) is 9.97 Å². The third-order valence-electron chi connectivity index (χ3n) is 3.26. The van der Waals surface area contributed by atoms with Gasteiger partial charge in [0.05, 0.1) is 10.9 Å². The zero-order valence-electron chi connectivity index (χ0n) is 11.1. The van der Waals surface area contributed by atoms with Gasteiger partial charge in [0.25, 0.3) is 0 Å². The molecule has 0 aliphatic rings. The highest BCUT2D eigenvalue weighted by Crippen LogP contribution is 2.28. The molecule has 0 aliphatic heterocycles. The Balaban J connectivity index is 2.30. The van der Waals surface area contributed by atoms with Crippen LogP contribution in [-0.4, -0.2) is 9.97 Å². The minimum Gasteiger partial charge on any atom is -0.228 e. The lowest BCUT2D eigenvalue weighted by Crippen LogP contribution is -1.95. The van der Waals surface area contributed by atoms with Gasteiger partial charge >= 0.3 is 0 Å². The Morgan fingerprint density at radius 1 is 1.05 bits per heavy atom. The lowest BCUT2D eigenvalue weighted by Gasteiger charge is -2.08. The fraction of sp³-hybridized carbons (Fsp3) is 0.125. The molecule has 0 radical (unpaired) electrons. The van der Waals surface area contributed by atoms with E-state index in [2.05, 4.69) is 9.97 Å². The Bertz CT molecular complexity index is 815. The van der Waals surface area contributed by atoms with Gasteiger partial charge in [-0.1, -0.05) is 35.4 Å². The van der Waals surface area contributed by atoms with Crippen LogP contribution in [0.25, 0.3) is 22.3 Å². The SMILES string of the molecule is Cc1ccc(C)c(-c2nc(Cl)c3c(F)cccc3n2)c1. The van der Waals surface area contributed by atoms with Crippen LogP contribution in [0.4, 0.5) is 4.39 Å². The van der Waals surface area contributed by atoms with Gasteiger partial charge in [0.15, 0.2) is 5.82 Å². The molecule has 2 aromatic carbocycles. The number of aryl methyl sites for hydroxylation is 2. The monoisotopic (exact) mass is 286 g/mol. The highest BCUT2D eigenvalue weighted by molar-refractivity contribution is 6.34. The second kappa shape index (κ2) is 4.84. The molecule has 0 saturated heterocycles. The molecule has 0 N–H and O–H groups in total. The third kappa shape index (κ3) is 2.14. The Morgan fingerprint density at radius 3 is 2.65 bits per heavy atom. The second-order valence-electron chi connectivity index (χ2n) is 4.79. The Kier molecular flexibility index (Phi) is 3.14. The van der Waals surface area contributed by atoms with E-state index in [1.165, 1.54) is 6.07 Å². The highest BCUT2D eigenvalue weighted by Gasteiger charge is 2.12. The average molecular weight is 287 g/mol. The molecule has 1 heterocycles. The van der Waals surface area contributed by atoms with Crippen molar-refractivity contribution < 1.29 is 4.39 Å². The predicted molar refractivity (Wildman–Crippen MR) is 79.4 cm³/mol. The van der Waals surface area contributed by atoms with Crippen molar-refractivity contribution >= 4 is 22.5 Å². The minimum absolute atomic E-state index is 0.143. The number of hydrogen-bond donors (Lipinski definition) is 0. The molecular formula is C16H12ClFN2. The minimum atomic E-state index is -0.403. The van der Waals surface area contributed by atoms with Crippen molar-refractivity contribution in [3.63, 3.8) is 0 Å². The molecule has 3 rings (SSSR count). The van der Waals surface area contributed by atoms with Crippen molar-refractivity contribution in [1.29, 1.82) is 0 Å². The first kappa shape index (κ1) is 13.0. The molecule has 0 atom stereocenters. The van der Waals surface area contributed by atoms with E-state index in [9.17, 15) is 4.39 Å². The molecular weight excluding hydrogens is 275 g/mol. The maximum atomic E-state index is 13.8. The normalized spacial score (nSPS) is 11.0. The summed E-state index contributed by atoms with van der Waals surface area (Å²) in [6.07, 6.45) is 0. The van der Waals surface area contributed by atoms with Crippen LogP contribution in [0.1, 0.15) is 11.1 Å². The topological polar surface area (TPSA) is 25.8 Å². The van der Waals surface area contributed by atoms with Gasteiger partial charge in [-0.2, -0.15) is 0 Å². The molecule has 0 aliphatic carbocycles. The van der Waals surface area contributed by atoms with Gasteiger partial charge in [-0.3, -0.25) is 0 Å². The predicted octanol–water partition coefficient (Wildman–Crippen LogP) is 4.71. The molecule has 1 aromatic heterocycles. The smallest absolute Gasteiger partial charge is 0.161 e. The first-order chi connectivity index (χ1) is 9.56. The summed E-state index contributed by atoms with van der Waals surface area (Å²) < 4.78 is 13.8. The van der Waals surface area contributed by atoms with Gasteiger partial charge in [-0.15, -0.1) is 0 Å². The summed E-state index contributed by atoms with van der Waals surface area (Å²) in [5.41, 5.74) is 3.60. The number of nitrogens with zero attached hydrogens (tertiary/aromatic N) is 2. The molecule has 0 bridgehead atoms. The number of aromatic nitrogens is 2. The molecule has 2 nitrogen and oxygen atoms in total. The summed E-state index contributed by atoms with van der Waals surface area (Å²) in [4.78, 5) is 8.68.